The topological polar surface area (TPSA) is 34.1 Å². The lowest BCUT2D eigenvalue weighted by Gasteiger charge is -2.12. The molecule has 1 aliphatic rings. The minimum Gasteiger partial charge on any atom is -0.494 e. The van der Waals surface area contributed by atoms with Crippen LogP contribution < -0.4 is 10.1 Å². The van der Waals surface area contributed by atoms with Crippen molar-refractivity contribution in [1.82, 2.24) is 4.98 Å². The predicted octanol–water partition coefficient (Wildman–Crippen LogP) is 4.33. The van der Waals surface area contributed by atoms with Crippen LogP contribution >= 0.6 is 0 Å². The molecule has 0 unspecified atom stereocenters. The second-order valence-electron chi connectivity index (χ2n) is 5.43. The Morgan fingerprint density at radius 2 is 2.10 bits per heavy atom. The SMILES string of the molecule is CCCOc1ccc2nc(C3CC3)cc(NCC)c2c1. The summed E-state index contributed by atoms with van der Waals surface area (Å²) in [5.41, 5.74) is 3.48. The van der Waals surface area contributed by atoms with E-state index in [1.807, 2.05) is 6.07 Å². The lowest BCUT2D eigenvalue weighted by atomic mass is 10.1. The van der Waals surface area contributed by atoms with Gasteiger partial charge in [0.15, 0.2) is 0 Å². The second kappa shape index (κ2) is 5.70. The number of pyridine rings is 1. The van der Waals surface area contributed by atoms with Crippen LogP contribution in [0.3, 0.4) is 0 Å². The van der Waals surface area contributed by atoms with E-state index in [-0.39, 0.29) is 0 Å². The van der Waals surface area contributed by atoms with E-state index in [0.717, 1.165) is 36.2 Å². The van der Waals surface area contributed by atoms with E-state index in [9.17, 15) is 0 Å². The van der Waals surface area contributed by atoms with Crippen LogP contribution in [0.15, 0.2) is 24.3 Å². The van der Waals surface area contributed by atoms with Crippen LogP contribution in [0.25, 0.3) is 10.9 Å². The molecule has 3 nitrogen and oxygen atoms in total. The molecule has 0 bridgehead atoms. The fourth-order valence-corrected chi connectivity index (χ4v) is 2.46. The minimum absolute atomic E-state index is 0.674. The van der Waals surface area contributed by atoms with E-state index < -0.39 is 0 Å². The van der Waals surface area contributed by atoms with Crippen LogP contribution in [0, 0.1) is 0 Å². The van der Waals surface area contributed by atoms with Gasteiger partial charge in [0.2, 0.25) is 0 Å². The van der Waals surface area contributed by atoms with Gasteiger partial charge >= 0.3 is 0 Å². The number of rotatable bonds is 6. The van der Waals surface area contributed by atoms with Crippen molar-refractivity contribution in [3.05, 3.63) is 30.0 Å². The average Bonchev–Trinajstić information content (AvgIpc) is 3.30. The molecule has 1 N–H and O–H groups in total. The van der Waals surface area contributed by atoms with E-state index in [0.29, 0.717) is 5.92 Å². The number of anilines is 1. The summed E-state index contributed by atoms with van der Waals surface area (Å²) in [5, 5.41) is 4.62. The molecule has 0 aliphatic heterocycles. The highest BCUT2D eigenvalue weighted by Gasteiger charge is 2.26. The van der Waals surface area contributed by atoms with E-state index >= 15 is 0 Å². The van der Waals surface area contributed by atoms with Gasteiger partial charge in [-0.15, -0.1) is 0 Å². The summed E-state index contributed by atoms with van der Waals surface area (Å²) in [4.78, 5) is 4.81. The fraction of sp³-hybridized carbons (Fsp3) is 0.471. The number of nitrogens with zero attached hydrogens (tertiary/aromatic N) is 1. The molecule has 0 atom stereocenters. The van der Waals surface area contributed by atoms with Crippen LogP contribution in [0.1, 0.15) is 44.7 Å². The second-order valence-corrected chi connectivity index (χ2v) is 5.43. The van der Waals surface area contributed by atoms with Gasteiger partial charge in [-0.1, -0.05) is 6.92 Å². The smallest absolute Gasteiger partial charge is 0.120 e. The molecule has 3 rings (SSSR count). The maximum absolute atomic E-state index is 5.73. The van der Waals surface area contributed by atoms with E-state index in [4.69, 9.17) is 9.72 Å². The molecule has 1 heterocycles. The Morgan fingerprint density at radius 3 is 2.80 bits per heavy atom. The highest BCUT2D eigenvalue weighted by molar-refractivity contribution is 5.92. The third-order valence-electron chi connectivity index (χ3n) is 3.64. The molecule has 0 amide bonds. The zero-order valence-corrected chi connectivity index (χ0v) is 12.3. The third-order valence-corrected chi connectivity index (χ3v) is 3.64. The predicted molar refractivity (Wildman–Crippen MR) is 83.7 cm³/mol. The van der Waals surface area contributed by atoms with E-state index in [2.05, 4.69) is 37.4 Å². The van der Waals surface area contributed by atoms with Gasteiger partial charge in [-0.2, -0.15) is 0 Å². The molecule has 0 saturated heterocycles. The van der Waals surface area contributed by atoms with Crippen LogP contribution in [0.2, 0.25) is 0 Å². The fourth-order valence-electron chi connectivity index (χ4n) is 2.46. The Bertz CT molecular complexity index is 605. The van der Waals surface area contributed by atoms with Crippen LogP contribution in [0.4, 0.5) is 5.69 Å². The van der Waals surface area contributed by atoms with Gasteiger partial charge in [-0.05, 0) is 50.5 Å². The number of hydrogen-bond donors (Lipinski definition) is 1. The van der Waals surface area contributed by atoms with Gasteiger partial charge in [0, 0.05) is 29.2 Å². The number of benzene rings is 1. The Balaban J connectivity index is 2.02. The average molecular weight is 270 g/mol. The van der Waals surface area contributed by atoms with Crippen LogP contribution in [-0.4, -0.2) is 18.1 Å². The normalized spacial score (nSPS) is 14.5. The van der Waals surface area contributed by atoms with Gasteiger partial charge in [-0.3, -0.25) is 4.98 Å². The van der Waals surface area contributed by atoms with Crippen molar-refractivity contribution in [3.8, 4) is 5.75 Å². The van der Waals surface area contributed by atoms with Crippen LogP contribution in [0.5, 0.6) is 5.75 Å². The van der Waals surface area contributed by atoms with Crippen molar-refractivity contribution in [2.24, 2.45) is 0 Å². The van der Waals surface area contributed by atoms with Crippen molar-refractivity contribution >= 4 is 16.6 Å². The number of ether oxygens (including phenoxy) is 1. The summed E-state index contributed by atoms with van der Waals surface area (Å²) in [7, 11) is 0. The molecule has 1 aliphatic carbocycles. The van der Waals surface area contributed by atoms with Crippen molar-refractivity contribution < 1.29 is 4.74 Å². The maximum Gasteiger partial charge on any atom is 0.120 e. The number of aromatic nitrogens is 1. The van der Waals surface area contributed by atoms with E-state index in [1.165, 1.54) is 24.2 Å². The molecule has 1 fully saturated rings. The first-order valence-electron chi connectivity index (χ1n) is 7.63. The molecule has 3 heteroatoms. The largest absolute Gasteiger partial charge is 0.494 e. The molecule has 0 radical (unpaired) electrons. The van der Waals surface area contributed by atoms with Crippen molar-refractivity contribution in [1.29, 1.82) is 0 Å². The maximum atomic E-state index is 5.73. The van der Waals surface area contributed by atoms with Crippen molar-refractivity contribution in [3.63, 3.8) is 0 Å². The first-order chi connectivity index (χ1) is 9.81. The molecular formula is C17H22N2O. The molecule has 1 aromatic heterocycles. The Labute approximate surface area is 120 Å². The zero-order valence-electron chi connectivity index (χ0n) is 12.3. The third kappa shape index (κ3) is 2.72. The number of nitrogens with one attached hydrogen (secondary N) is 1. The van der Waals surface area contributed by atoms with Crippen molar-refractivity contribution in [2.75, 3.05) is 18.5 Å². The van der Waals surface area contributed by atoms with Gasteiger partial charge in [0.05, 0.1) is 12.1 Å². The van der Waals surface area contributed by atoms with Gasteiger partial charge in [-0.25, -0.2) is 0 Å². The number of fused-ring (bicyclic) bond motifs is 1. The Hall–Kier alpha value is -1.77. The summed E-state index contributed by atoms with van der Waals surface area (Å²) >= 11 is 0. The standard InChI is InChI=1S/C17H22N2O/c1-3-9-20-13-7-8-15-14(10-13)17(18-4-2)11-16(19-15)12-5-6-12/h7-8,10-12H,3-6,9H2,1-2H3,(H,18,19). The quantitative estimate of drug-likeness (QED) is 0.848. The Kier molecular flexibility index (Phi) is 3.77. The molecule has 2 aromatic rings. The minimum atomic E-state index is 0.674. The van der Waals surface area contributed by atoms with Gasteiger partial charge in [0.25, 0.3) is 0 Å². The highest BCUT2D eigenvalue weighted by Crippen LogP contribution is 2.41. The summed E-state index contributed by atoms with van der Waals surface area (Å²) in [5.74, 6) is 1.60. The van der Waals surface area contributed by atoms with Crippen LogP contribution in [-0.2, 0) is 0 Å². The summed E-state index contributed by atoms with van der Waals surface area (Å²) in [6, 6.07) is 8.42. The summed E-state index contributed by atoms with van der Waals surface area (Å²) < 4.78 is 5.73. The Morgan fingerprint density at radius 1 is 1.25 bits per heavy atom. The first kappa shape index (κ1) is 13.2. The monoisotopic (exact) mass is 270 g/mol. The zero-order chi connectivity index (χ0) is 13.9. The molecule has 0 spiro atoms. The molecule has 20 heavy (non-hydrogen) atoms. The molecular weight excluding hydrogens is 248 g/mol. The summed E-state index contributed by atoms with van der Waals surface area (Å²) in [6.45, 7) is 5.92. The van der Waals surface area contributed by atoms with Gasteiger partial charge in [0.1, 0.15) is 5.75 Å². The highest BCUT2D eigenvalue weighted by atomic mass is 16.5. The van der Waals surface area contributed by atoms with Crippen molar-refractivity contribution in [2.45, 2.75) is 39.0 Å². The first-order valence-corrected chi connectivity index (χ1v) is 7.63. The summed E-state index contributed by atoms with van der Waals surface area (Å²) in [6.07, 6.45) is 3.58. The number of hydrogen-bond acceptors (Lipinski definition) is 3. The van der Waals surface area contributed by atoms with Gasteiger partial charge < -0.3 is 10.1 Å². The lowest BCUT2D eigenvalue weighted by Crippen LogP contribution is -2.01. The lowest BCUT2D eigenvalue weighted by molar-refractivity contribution is 0.318. The molecule has 1 aromatic carbocycles. The molecule has 106 valence electrons. The van der Waals surface area contributed by atoms with E-state index in [1.54, 1.807) is 0 Å². The molecule has 1 saturated carbocycles.